The molecule has 0 aliphatic carbocycles. The number of hydrogen-bond acceptors (Lipinski definition) is 4. The van der Waals surface area contributed by atoms with Crippen molar-refractivity contribution in [1.29, 1.82) is 0 Å². The molecule has 0 fully saturated rings. The molecule has 0 aromatic rings. The topological polar surface area (TPSA) is 27.7 Å². The third-order valence-corrected chi connectivity index (χ3v) is 3.32. The molecule has 0 aliphatic rings. The third-order valence-electron chi connectivity index (χ3n) is 0.900. The van der Waals surface area contributed by atoms with Gasteiger partial charge in [0.25, 0.3) is 0 Å². The smallest absolute Gasteiger partial charge is 0.379 e. The Kier molecular flexibility index (Phi) is 6.67. The standard InChI is InChI=1S/C7H15O3PS/c1-4-7-10-11(12,8-5-2)9-6-3/h4,7H,5-6H2,1-3H3/b7-4+. The van der Waals surface area contributed by atoms with E-state index in [1.54, 1.807) is 6.08 Å². The van der Waals surface area contributed by atoms with Gasteiger partial charge in [-0.2, -0.15) is 0 Å². The average molecular weight is 210 g/mol. The van der Waals surface area contributed by atoms with Crippen LogP contribution < -0.4 is 0 Å². The molecular formula is C7H15O3PS. The van der Waals surface area contributed by atoms with E-state index in [4.69, 9.17) is 25.4 Å². The van der Waals surface area contributed by atoms with Gasteiger partial charge in [0.2, 0.25) is 0 Å². The summed E-state index contributed by atoms with van der Waals surface area (Å²) < 4.78 is 15.6. The normalized spacial score (nSPS) is 12.2. The van der Waals surface area contributed by atoms with Crippen molar-refractivity contribution in [2.24, 2.45) is 0 Å². The van der Waals surface area contributed by atoms with E-state index >= 15 is 0 Å². The molecule has 0 aromatic heterocycles. The molecule has 0 saturated heterocycles. The van der Waals surface area contributed by atoms with Crippen LogP contribution in [0.25, 0.3) is 0 Å². The highest BCUT2D eigenvalue weighted by Gasteiger charge is 2.17. The molecule has 0 unspecified atom stereocenters. The van der Waals surface area contributed by atoms with Gasteiger partial charge in [0.05, 0.1) is 19.5 Å². The summed E-state index contributed by atoms with van der Waals surface area (Å²) in [6.45, 7) is 4.09. The second kappa shape index (κ2) is 6.61. The Balaban J connectivity index is 4.08. The maximum absolute atomic E-state index is 5.20. The largest absolute Gasteiger partial charge is 0.432 e. The molecule has 0 bridgehead atoms. The van der Waals surface area contributed by atoms with Crippen molar-refractivity contribution in [3.63, 3.8) is 0 Å². The molecule has 5 heteroatoms. The maximum Gasteiger partial charge on any atom is 0.379 e. The number of allylic oxidation sites excluding steroid dienone is 1. The molecule has 0 amide bonds. The zero-order chi connectivity index (χ0) is 9.45. The molecule has 0 aromatic carbocycles. The van der Waals surface area contributed by atoms with Gasteiger partial charge in [-0.15, -0.1) is 0 Å². The molecule has 0 atom stereocenters. The first-order chi connectivity index (χ1) is 5.68. The van der Waals surface area contributed by atoms with Crippen molar-refractivity contribution in [1.82, 2.24) is 0 Å². The van der Waals surface area contributed by atoms with Crippen LogP contribution in [0.3, 0.4) is 0 Å². The van der Waals surface area contributed by atoms with Gasteiger partial charge in [-0.05, 0) is 20.8 Å². The Morgan fingerprint density at radius 1 is 1.25 bits per heavy atom. The van der Waals surface area contributed by atoms with Crippen LogP contribution in [0.2, 0.25) is 0 Å². The van der Waals surface area contributed by atoms with E-state index in [0.29, 0.717) is 13.2 Å². The molecule has 0 radical (unpaired) electrons. The summed E-state index contributed by atoms with van der Waals surface area (Å²) in [7, 11) is 0. The molecular weight excluding hydrogens is 195 g/mol. The van der Waals surface area contributed by atoms with Crippen LogP contribution in [-0.2, 0) is 25.4 Å². The van der Waals surface area contributed by atoms with Gasteiger partial charge in [-0.1, -0.05) is 6.08 Å². The van der Waals surface area contributed by atoms with Crippen LogP contribution in [0.15, 0.2) is 12.3 Å². The Morgan fingerprint density at radius 3 is 2.08 bits per heavy atom. The molecule has 0 N–H and O–H groups in total. The lowest BCUT2D eigenvalue weighted by Crippen LogP contribution is -1.95. The fourth-order valence-corrected chi connectivity index (χ4v) is 2.43. The van der Waals surface area contributed by atoms with Crippen molar-refractivity contribution < 1.29 is 13.6 Å². The molecule has 0 rings (SSSR count). The lowest BCUT2D eigenvalue weighted by Gasteiger charge is -2.18. The summed E-state index contributed by atoms with van der Waals surface area (Å²) in [6.07, 6.45) is 3.26. The van der Waals surface area contributed by atoms with Crippen molar-refractivity contribution in [2.75, 3.05) is 13.2 Å². The highest BCUT2D eigenvalue weighted by atomic mass is 32.5. The first-order valence-electron chi connectivity index (χ1n) is 3.87. The van der Waals surface area contributed by atoms with Gasteiger partial charge in [-0.25, -0.2) is 0 Å². The maximum atomic E-state index is 5.20. The minimum atomic E-state index is -2.49. The van der Waals surface area contributed by atoms with Crippen molar-refractivity contribution in [3.8, 4) is 0 Å². The van der Waals surface area contributed by atoms with Crippen LogP contribution in [0.5, 0.6) is 0 Å². The first-order valence-corrected chi connectivity index (χ1v) is 6.42. The van der Waals surface area contributed by atoms with Crippen LogP contribution in [-0.4, -0.2) is 13.2 Å². The Morgan fingerprint density at radius 2 is 1.75 bits per heavy atom. The van der Waals surface area contributed by atoms with Gasteiger partial charge in [-0.3, -0.25) is 9.05 Å². The van der Waals surface area contributed by atoms with E-state index in [0.717, 1.165) is 0 Å². The fraction of sp³-hybridized carbons (Fsp3) is 0.714. The van der Waals surface area contributed by atoms with Crippen molar-refractivity contribution in [3.05, 3.63) is 12.3 Å². The third kappa shape index (κ3) is 4.88. The summed E-state index contributed by atoms with van der Waals surface area (Å²) in [5.41, 5.74) is 0. The molecule has 0 heterocycles. The van der Waals surface area contributed by atoms with Gasteiger partial charge in [0.15, 0.2) is 0 Å². The summed E-state index contributed by atoms with van der Waals surface area (Å²) in [6, 6.07) is 0. The Bertz CT molecular complexity index is 171. The molecule has 72 valence electrons. The molecule has 3 nitrogen and oxygen atoms in total. The lowest BCUT2D eigenvalue weighted by molar-refractivity contribution is 0.203. The van der Waals surface area contributed by atoms with E-state index in [1.165, 1.54) is 6.26 Å². The second-order valence-electron chi connectivity index (χ2n) is 1.86. The van der Waals surface area contributed by atoms with Crippen LogP contribution in [0, 0.1) is 0 Å². The van der Waals surface area contributed by atoms with Crippen LogP contribution >= 0.6 is 6.72 Å². The SMILES string of the molecule is C/C=C/OP(=S)(OCC)OCC. The predicted octanol–water partition coefficient (Wildman–Crippen LogP) is 2.83. The highest BCUT2D eigenvalue weighted by Crippen LogP contribution is 2.49. The molecule has 12 heavy (non-hydrogen) atoms. The Hall–Kier alpha value is 0.110. The quantitative estimate of drug-likeness (QED) is 0.497. The second-order valence-corrected chi connectivity index (χ2v) is 4.82. The van der Waals surface area contributed by atoms with Crippen molar-refractivity contribution in [2.45, 2.75) is 20.8 Å². The monoisotopic (exact) mass is 210 g/mol. The fourth-order valence-electron chi connectivity index (χ4n) is 0.550. The zero-order valence-corrected chi connectivity index (χ0v) is 9.36. The Labute approximate surface area is 79.0 Å². The van der Waals surface area contributed by atoms with Crippen LogP contribution in [0.4, 0.5) is 0 Å². The summed E-state index contributed by atoms with van der Waals surface area (Å²) in [4.78, 5) is 0. The molecule has 0 spiro atoms. The van der Waals surface area contributed by atoms with Gasteiger partial charge >= 0.3 is 6.72 Å². The van der Waals surface area contributed by atoms with Gasteiger partial charge in [0.1, 0.15) is 0 Å². The molecule has 0 aliphatic heterocycles. The average Bonchev–Trinajstić information content (AvgIpc) is 2.02. The van der Waals surface area contributed by atoms with Crippen molar-refractivity contribution >= 4 is 18.5 Å². The lowest BCUT2D eigenvalue weighted by atomic mass is 10.8. The van der Waals surface area contributed by atoms with E-state index in [-0.39, 0.29) is 0 Å². The summed E-state index contributed by atoms with van der Waals surface area (Å²) >= 11 is 5.06. The van der Waals surface area contributed by atoms with E-state index in [9.17, 15) is 0 Å². The van der Waals surface area contributed by atoms with Gasteiger partial charge in [0, 0.05) is 11.8 Å². The van der Waals surface area contributed by atoms with E-state index in [2.05, 4.69) is 0 Å². The summed E-state index contributed by atoms with van der Waals surface area (Å²) in [5.74, 6) is 0. The van der Waals surface area contributed by atoms with E-state index < -0.39 is 6.72 Å². The zero-order valence-electron chi connectivity index (χ0n) is 7.65. The summed E-state index contributed by atoms with van der Waals surface area (Å²) in [5, 5.41) is 0. The number of rotatable bonds is 6. The minimum absolute atomic E-state index is 0.509. The first kappa shape index (κ1) is 12.1. The number of hydrogen-bond donors (Lipinski definition) is 0. The highest BCUT2D eigenvalue weighted by molar-refractivity contribution is 8.07. The minimum Gasteiger partial charge on any atom is -0.432 e. The van der Waals surface area contributed by atoms with Gasteiger partial charge < -0.3 is 4.52 Å². The van der Waals surface area contributed by atoms with E-state index in [1.807, 2.05) is 20.8 Å². The molecule has 0 saturated carbocycles. The predicted molar refractivity (Wildman–Crippen MR) is 53.4 cm³/mol. The van der Waals surface area contributed by atoms with Crippen LogP contribution in [0.1, 0.15) is 20.8 Å².